The Kier molecular flexibility index (Phi) is 6.44. The van der Waals surface area contributed by atoms with Gasteiger partial charge in [-0.25, -0.2) is 13.4 Å². The van der Waals surface area contributed by atoms with Crippen LogP contribution in [-0.4, -0.2) is 80.2 Å². The van der Waals surface area contributed by atoms with Crippen molar-refractivity contribution >= 4 is 39.1 Å². The molecule has 1 amide bonds. The minimum absolute atomic E-state index is 0.00397. The third-order valence-electron chi connectivity index (χ3n) is 3.77. The number of sulfonamides is 1. The van der Waals surface area contributed by atoms with Gasteiger partial charge in [-0.1, -0.05) is 23.2 Å². The van der Waals surface area contributed by atoms with Gasteiger partial charge in [0.1, 0.15) is 10.0 Å². The molecular weight excluding hydrogens is 375 g/mol. The standard InChI is InChI=1S/C14H20Cl2N4O3S/c1-18(2)4-3-13(21)19-5-7-20(8-6-19)24(22,23)11-9-12(15)14(16)17-10-11/h9-10H,3-8H2,1-2H3. The van der Waals surface area contributed by atoms with E-state index in [9.17, 15) is 13.2 Å². The summed E-state index contributed by atoms with van der Waals surface area (Å²) < 4.78 is 26.6. The molecule has 1 fully saturated rings. The molecule has 0 radical (unpaired) electrons. The average Bonchev–Trinajstić information content (AvgIpc) is 2.55. The molecule has 0 N–H and O–H groups in total. The van der Waals surface area contributed by atoms with Gasteiger partial charge in [-0.2, -0.15) is 4.31 Å². The monoisotopic (exact) mass is 394 g/mol. The summed E-state index contributed by atoms with van der Waals surface area (Å²) in [7, 11) is 0.117. The van der Waals surface area contributed by atoms with Crippen molar-refractivity contribution < 1.29 is 13.2 Å². The Labute approximate surface area is 152 Å². The van der Waals surface area contributed by atoms with Crippen molar-refractivity contribution in [1.82, 2.24) is 19.1 Å². The molecule has 0 unspecified atom stereocenters. The molecule has 24 heavy (non-hydrogen) atoms. The lowest BCUT2D eigenvalue weighted by atomic mass is 10.3. The van der Waals surface area contributed by atoms with Crippen LogP contribution in [0.2, 0.25) is 10.2 Å². The fourth-order valence-electron chi connectivity index (χ4n) is 2.35. The van der Waals surface area contributed by atoms with Crippen LogP contribution in [0.5, 0.6) is 0 Å². The molecule has 1 saturated heterocycles. The zero-order valence-corrected chi connectivity index (χ0v) is 15.9. The maximum Gasteiger partial charge on any atom is 0.244 e. The van der Waals surface area contributed by atoms with Crippen LogP contribution in [0, 0.1) is 0 Å². The Morgan fingerprint density at radius 2 is 1.88 bits per heavy atom. The van der Waals surface area contributed by atoms with E-state index in [2.05, 4.69) is 4.98 Å². The number of pyridine rings is 1. The van der Waals surface area contributed by atoms with E-state index in [4.69, 9.17) is 23.2 Å². The number of amides is 1. The molecular formula is C14H20Cl2N4O3S. The van der Waals surface area contributed by atoms with Crippen molar-refractivity contribution in [2.24, 2.45) is 0 Å². The number of nitrogens with zero attached hydrogens (tertiary/aromatic N) is 4. The van der Waals surface area contributed by atoms with Crippen molar-refractivity contribution in [2.75, 3.05) is 46.8 Å². The van der Waals surface area contributed by atoms with Crippen LogP contribution in [0.25, 0.3) is 0 Å². The molecule has 2 rings (SSSR count). The van der Waals surface area contributed by atoms with Crippen LogP contribution in [0.4, 0.5) is 0 Å². The number of halogens is 2. The Hall–Kier alpha value is -0.930. The number of carbonyl (C=O) groups excluding carboxylic acids is 1. The fraction of sp³-hybridized carbons (Fsp3) is 0.571. The molecule has 0 bridgehead atoms. The van der Waals surface area contributed by atoms with Gasteiger partial charge >= 0.3 is 0 Å². The highest BCUT2D eigenvalue weighted by molar-refractivity contribution is 7.89. The predicted molar refractivity (Wildman–Crippen MR) is 92.8 cm³/mol. The fourth-order valence-corrected chi connectivity index (χ4v) is 4.08. The van der Waals surface area contributed by atoms with E-state index in [0.29, 0.717) is 26.1 Å². The normalized spacial score (nSPS) is 16.6. The molecule has 2 heterocycles. The van der Waals surface area contributed by atoms with Gasteiger partial charge in [-0.15, -0.1) is 0 Å². The van der Waals surface area contributed by atoms with E-state index in [0.717, 1.165) is 0 Å². The minimum Gasteiger partial charge on any atom is -0.340 e. The smallest absolute Gasteiger partial charge is 0.244 e. The Morgan fingerprint density at radius 3 is 2.42 bits per heavy atom. The average molecular weight is 395 g/mol. The minimum atomic E-state index is -3.69. The Morgan fingerprint density at radius 1 is 1.25 bits per heavy atom. The maximum absolute atomic E-state index is 12.6. The van der Waals surface area contributed by atoms with Crippen molar-refractivity contribution in [3.8, 4) is 0 Å². The van der Waals surface area contributed by atoms with E-state index in [-0.39, 0.29) is 34.1 Å². The first-order valence-corrected chi connectivity index (χ1v) is 9.65. The first-order chi connectivity index (χ1) is 11.2. The lowest BCUT2D eigenvalue weighted by molar-refractivity contribution is -0.132. The highest BCUT2D eigenvalue weighted by Crippen LogP contribution is 2.24. The highest BCUT2D eigenvalue weighted by Gasteiger charge is 2.30. The summed E-state index contributed by atoms with van der Waals surface area (Å²) in [4.78, 5) is 19.5. The third kappa shape index (κ3) is 4.58. The summed E-state index contributed by atoms with van der Waals surface area (Å²) in [6.07, 6.45) is 1.62. The molecule has 10 heteroatoms. The second-order valence-electron chi connectivity index (χ2n) is 5.78. The topological polar surface area (TPSA) is 73.8 Å². The first-order valence-electron chi connectivity index (χ1n) is 7.45. The lowest BCUT2D eigenvalue weighted by Gasteiger charge is -2.34. The number of hydrogen-bond donors (Lipinski definition) is 0. The molecule has 0 aliphatic carbocycles. The molecule has 1 aromatic rings. The van der Waals surface area contributed by atoms with E-state index in [1.54, 1.807) is 4.90 Å². The van der Waals surface area contributed by atoms with Crippen LogP contribution in [0.3, 0.4) is 0 Å². The maximum atomic E-state index is 12.6. The van der Waals surface area contributed by atoms with Crippen molar-refractivity contribution in [3.63, 3.8) is 0 Å². The second-order valence-corrected chi connectivity index (χ2v) is 8.48. The van der Waals surface area contributed by atoms with Crippen LogP contribution in [0.1, 0.15) is 6.42 Å². The molecule has 134 valence electrons. The predicted octanol–water partition coefficient (Wildman–Crippen LogP) is 1.17. The van der Waals surface area contributed by atoms with Crippen LogP contribution in [-0.2, 0) is 14.8 Å². The van der Waals surface area contributed by atoms with E-state index < -0.39 is 10.0 Å². The second kappa shape index (κ2) is 7.97. The molecule has 0 aromatic carbocycles. The van der Waals surface area contributed by atoms with E-state index >= 15 is 0 Å². The van der Waals surface area contributed by atoms with Gasteiger partial charge in [0.25, 0.3) is 0 Å². The zero-order valence-electron chi connectivity index (χ0n) is 13.6. The quantitative estimate of drug-likeness (QED) is 0.700. The van der Waals surface area contributed by atoms with Gasteiger partial charge in [0.15, 0.2) is 0 Å². The number of rotatable bonds is 5. The molecule has 0 atom stereocenters. The van der Waals surface area contributed by atoms with Gasteiger partial charge in [-0.05, 0) is 20.2 Å². The van der Waals surface area contributed by atoms with Crippen molar-refractivity contribution in [3.05, 3.63) is 22.4 Å². The van der Waals surface area contributed by atoms with Gasteiger partial charge in [-0.3, -0.25) is 4.79 Å². The lowest BCUT2D eigenvalue weighted by Crippen LogP contribution is -2.50. The third-order valence-corrected chi connectivity index (χ3v) is 6.32. The summed E-state index contributed by atoms with van der Waals surface area (Å²) >= 11 is 11.6. The number of aromatic nitrogens is 1. The van der Waals surface area contributed by atoms with Gasteiger partial charge < -0.3 is 9.80 Å². The number of hydrogen-bond acceptors (Lipinski definition) is 5. The van der Waals surface area contributed by atoms with E-state index in [1.165, 1.54) is 16.6 Å². The van der Waals surface area contributed by atoms with Crippen LogP contribution < -0.4 is 0 Å². The molecule has 1 aliphatic rings. The largest absolute Gasteiger partial charge is 0.340 e. The van der Waals surface area contributed by atoms with Crippen LogP contribution >= 0.6 is 23.2 Å². The Bertz CT molecular complexity index is 704. The van der Waals surface area contributed by atoms with E-state index in [1.807, 2.05) is 19.0 Å². The van der Waals surface area contributed by atoms with Crippen molar-refractivity contribution in [2.45, 2.75) is 11.3 Å². The number of carbonyl (C=O) groups is 1. The zero-order chi connectivity index (χ0) is 17.9. The molecule has 0 saturated carbocycles. The molecule has 0 spiro atoms. The first kappa shape index (κ1) is 19.4. The molecule has 7 nitrogen and oxygen atoms in total. The van der Waals surface area contributed by atoms with Gasteiger partial charge in [0, 0.05) is 45.3 Å². The van der Waals surface area contributed by atoms with Crippen molar-refractivity contribution in [1.29, 1.82) is 0 Å². The summed E-state index contributed by atoms with van der Waals surface area (Å²) in [6, 6.07) is 1.29. The molecule has 1 aliphatic heterocycles. The summed E-state index contributed by atoms with van der Waals surface area (Å²) in [5.41, 5.74) is 0. The van der Waals surface area contributed by atoms with Gasteiger partial charge in [0.05, 0.1) is 5.02 Å². The summed E-state index contributed by atoms with van der Waals surface area (Å²) in [6.45, 7) is 1.92. The number of piperazine rings is 1. The molecule has 1 aromatic heterocycles. The SMILES string of the molecule is CN(C)CCC(=O)N1CCN(S(=O)(=O)c2cnc(Cl)c(Cl)c2)CC1. The van der Waals surface area contributed by atoms with Crippen LogP contribution in [0.15, 0.2) is 17.2 Å². The van der Waals surface area contributed by atoms with Gasteiger partial charge in [0.2, 0.25) is 15.9 Å². The Balaban J connectivity index is 2.00. The summed E-state index contributed by atoms with van der Waals surface area (Å²) in [5, 5.41) is 0.155. The summed E-state index contributed by atoms with van der Waals surface area (Å²) in [5.74, 6) is 0.0388. The highest BCUT2D eigenvalue weighted by atomic mass is 35.5.